The number of nitrogen functional groups attached to an aromatic ring is 1. The van der Waals surface area contributed by atoms with Crippen molar-refractivity contribution in [2.24, 2.45) is 0 Å². The number of benzene rings is 1. The van der Waals surface area contributed by atoms with E-state index in [9.17, 15) is 4.39 Å². The second-order valence-electron chi connectivity index (χ2n) is 3.35. The third-order valence-corrected chi connectivity index (χ3v) is 2.32. The summed E-state index contributed by atoms with van der Waals surface area (Å²) >= 11 is 0. The Labute approximate surface area is 76.5 Å². The molecule has 0 amide bonds. The zero-order valence-corrected chi connectivity index (χ0v) is 7.29. The van der Waals surface area contributed by atoms with Crippen molar-refractivity contribution in [2.75, 3.05) is 5.73 Å². The van der Waals surface area contributed by atoms with E-state index in [1.807, 2.05) is 0 Å². The molecule has 0 aromatic heterocycles. The summed E-state index contributed by atoms with van der Waals surface area (Å²) in [4.78, 5) is 0. The Bertz CT molecular complexity index is 310. The van der Waals surface area contributed by atoms with Crippen LogP contribution >= 0.6 is 0 Å². The Morgan fingerprint density at radius 1 is 1.38 bits per heavy atom. The highest BCUT2D eigenvalue weighted by Crippen LogP contribution is 2.29. The largest absolute Gasteiger partial charge is 0.488 e. The second-order valence-corrected chi connectivity index (χ2v) is 3.35. The molecule has 0 unspecified atom stereocenters. The van der Waals surface area contributed by atoms with Gasteiger partial charge in [0.15, 0.2) is 0 Å². The Morgan fingerprint density at radius 2 is 2.15 bits per heavy atom. The van der Waals surface area contributed by atoms with Crippen molar-refractivity contribution in [1.29, 1.82) is 0 Å². The molecule has 2 rings (SSSR count). The third-order valence-electron chi connectivity index (χ3n) is 2.32. The lowest BCUT2D eigenvalue weighted by atomic mass is 9.96. The minimum Gasteiger partial charge on any atom is -0.488 e. The number of halogens is 1. The van der Waals surface area contributed by atoms with Crippen molar-refractivity contribution < 1.29 is 9.13 Å². The van der Waals surface area contributed by atoms with E-state index >= 15 is 0 Å². The van der Waals surface area contributed by atoms with E-state index in [-0.39, 0.29) is 11.9 Å². The van der Waals surface area contributed by atoms with Gasteiger partial charge in [0.25, 0.3) is 0 Å². The molecule has 0 radical (unpaired) electrons. The van der Waals surface area contributed by atoms with Gasteiger partial charge in [-0.2, -0.15) is 0 Å². The number of hydrogen-bond acceptors (Lipinski definition) is 2. The summed E-state index contributed by atoms with van der Waals surface area (Å²) in [5.41, 5.74) is 5.96. The fourth-order valence-corrected chi connectivity index (χ4v) is 1.29. The van der Waals surface area contributed by atoms with Crippen LogP contribution in [0.5, 0.6) is 5.75 Å². The molecule has 1 aromatic carbocycles. The summed E-state index contributed by atoms with van der Waals surface area (Å²) in [6, 6.07) is 4.24. The number of anilines is 1. The van der Waals surface area contributed by atoms with Gasteiger partial charge in [-0.15, -0.1) is 0 Å². The van der Waals surface area contributed by atoms with Crippen molar-refractivity contribution in [2.45, 2.75) is 25.4 Å². The third kappa shape index (κ3) is 1.74. The first-order chi connectivity index (χ1) is 6.25. The number of nitrogens with two attached hydrogens (primary N) is 1. The maximum atomic E-state index is 12.6. The van der Waals surface area contributed by atoms with Gasteiger partial charge in [0.2, 0.25) is 0 Å². The summed E-state index contributed by atoms with van der Waals surface area (Å²) in [7, 11) is 0. The molecule has 0 aliphatic heterocycles. The number of hydrogen-bond donors (Lipinski definition) is 1. The lowest BCUT2D eigenvalue weighted by Crippen LogP contribution is -2.24. The van der Waals surface area contributed by atoms with Crippen LogP contribution in [-0.4, -0.2) is 6.10 Å². The second kappa shape index (κ2) is 3.24. The Hall–Kier alpha value is -1.25. The van der Waals surface area contributed by atoms with Crippen molar-refractivity contribution in [3.8, 4) is 5.75 Å². The molecule has 0 heterocycles. The van der Waals surface area contributed by atoms with Gasteiger partial charge in [-0.3, -0.25) is 0 Å². The van der Waals surface area contributed by atoms with E-state index in [0.717, 1.165) is 12.8 Å². The predicted molar refractivity (Wildman–Crippen MR) is 49.1 cm³/mol. The summed E-state index contributed by atoms with van der Waals surface area (Å²) in [6.45, 7) is 0. The standard InChI is InChI=1S/C10H12FNO/c11-7-4-5-10(9(12)6-7)13-8-2-1-3-8/h4-6,8H,1-3,12H2. The molecule has 3 heteroatoms. The van der Waals surface area contributed by atoms with Crippen molar-refractivity contribution in [3.63, 3.8) is 0 Å². The normalized spacial score (nSPS) is 16.7. The van der Waals surface area contributed by atoms with Crippen LogP contribution in [0, 0.1) is 5.82 Å². The average Bonchev–Trinajstić information content (AvgIpc) is 1.99. The highest BCUT2D eigenvalue weighted by Gasteiger charge is 2.19. The van der Waals surface area contributed by atoms with Crippen LogP contribution in [0.1, 0.15) is 19.3 Å². The molecule has 0 saturated heterocycles. The molecule has 2 nitrogen and oxygen atoms in total. The Morgan fingerprint density at radius 3 is 2.69 bits per heavy atom. The highest BCUT2D eigenvalue weighted by atomic mass is 19.1. The number of rotatable bonds is 2. The molecule has 1 aromatic rings. The fourth-order valence-electron chi connectivity index (χ4n) is 1.29. The molecule has 0 spiro atoms. The number of ether oxygens (including phenoxy) is 1. The maximum Gasteiger partial charge on any atom is 0.142 e. The molecular formula is C10H12FNO. The SMILES string of the molecule is Nc1cc(F)ccc1OC1CCC1. The van der Waals surface area contributed by atoms with Crippen LogP contribution in [0.3, 0.4) is 0 Å². The van der Waals surface area contributed by atoms with Gasteiger partial charge in [-0.25, -0.2) is 4.39 Å². The van der Waals surface area contributed by atoms with Gasteiger partial charge >= 0.3 is 0 Å². The van der Waals surface area contributed by atoms with Crippen LogP contribution in [0.2, 0.25) is 0 Å². The van der Waals surface area contributed by atoms with Gasteiger partial charge in [-0.05, 0) is 31.4 Å². The minimum absolute atomic E-state index is 0.285. The molecule has 2 N–H and O–H groups in total. The molecule has 1 fully saturated rings. The molecule has 1 aliphatic rings. The van der Waals surface area contributed by atoms with E-state index in [1.165, 1.54) is 18.6 Å². The molecule has 1 aliphatic carbocycles. The van der Waals surface area contributed by atoms with E-state index in [4.69, 9.17) is 10.5 Å². The van der Waals surface area contributed by atoms with Crippen LogP contribution < -0.4 is 10.5 Å². The zero-order chi connectivity index (χ0) is 9.26. The summed E-state index contributed by atoms with van der Waals surface area (Å²) in [6.07, 6.45) is 3.66. The summed E-state index contributed by atoms with van der Waals surface area (Å²) in [5, 5.41) is 0. The van der Waals surface area contributed by atoms with Crippen LogP contribution in [0.15, 0.2) is 18.2 Å². The van der Waals surface area contributed by atoms with E-state index in [1.54, 1.807) is 6.07 Å². The van der Waals surface area contributed by atoms with Crippen LogP contribution in [0.25, 0.3) is 0 Å². The quantitative estimate of drug-likeness (QED) is 0.711. The molecule has 70 valence electrons. The van der Waals surface area contributed by atoms with E-state index in [0.29, 0.717) is 11.4 Å². The molecule has 13 heavy (non-hydrogen) atoms. The van der Waals surface area contributed by atoms with Crippen molar-refractivity contribution >= 4 is 5.69 Å². The predicted octanol–water partition coefficient (Wildman–Crippen LogP) is 2.34. The topological polar surface area (TPSA) is 35.2 Å². The van der Waals surface area contributed by atoms with Gasteiger partial charge < -0.3 is 10.5 Å². The fraction of sp³-hybridized carbons (Fsp3) is 0.400. The first kappa shape index (κ1) is 8.35. The smallest absolute Gasteiger partial charge is 0.142 e. The molecule has 0 atom stereocenters. The lowest BCUT2D eigenvalue weighted by Gasteiger charge is -2.26. The van der Waals surface area contributed by atoms with Crippen LogP contribution in [0.4, 0.5) is 10.1 Å². The maximum absolute atomic E-state index is 12.6. The van der Waals surface area contributed by atoms with Crippen molar-refractivity contribution in [3.05, 3.63) is 24.0 Å². The highest BCUT2D eigenvalue weighted by molar-refractivity contribution is 5.52. The average molecular weight is 181 g/mol. The summed E-state index contributed by atoms with van der Waals surface area (Å²) in [5.74, 6) is 0.282. The molecule has 1 saturated carbocycles. The summed E-state index contributed by atoms with van der Waals surface area (Å²) < 4.78 is 18.2. The minimum atomic E-state index is -0.321. The molecular weight excluding hydrogens is 169 g/mol. The van der Waals surface area contributed by atoms with E-state index < -0.39 is 0 Å². The van der Waals surface area contributed by atoms with E-state index in [2.05, 4.69) is 0 Å². The first-order valence-electron chi connectivity index (χ1n) is 4.47. The van der Waals surface area contributed by atoms with Crippen LogP contribution in [-0.2, 0) is 0 Å². The zero-order valence-electron chi connectivity index (χ0n) is 7.29. The monoisotopic (exact) mass is 181 g/mol. The first-order valence-corrected chi connectivity index (χ1v) is 4.47. The van der Waals surface area contributed by atoms with Gasteiger partial charge in [0.1, 0.15) is 11.6 Å². The van der Waals surface area contributed by atoms with Gasteiger partial charge in [0, 0.05) is 6.07 Å². The molecule has 0 bridgehead atoms. The Balaban J connectivity index is 2.10. The van der Waals surface area contributed by atoms with Gasteiger partial charge in [0.05, 0.1) is 11.8 Å². The lowest BCUT2D eigenvalue weighted by molar-refractivity contribution is 0.121. The van der Waals surface area contributed by atoms with Crippen molar-refractivity contribution in [1.82, 2.24) is 0 Å². The Kier molecular flexibility index (Phi) is 2.08. The van der Waals surface area contributed by atoms with Gasteiger partial charge in [-0.1, -0.05) is 0 Å².